The Labute approximate surface area is 40.9 Å². The van der Waals surface area contributed by atoms with E-state index in [0.717, 1.165) is 0 Å². The first kappa shape index (κ1) is 6.16. The summed E-state index contributed by atoms with van der Waals surface area (Å²) in [6.45, 7) is 3.34. The minimum Gasteiger partial charge on any atom is -0.311 e. The van der Waals surface area contributed by atoms with E-state index in [0.29, 0.717) is 6.42 Å². The van der Waals surface area contributed by atoms with Crippen LogP contribution >= 0.6 is 9.12 Å². The first-order chi connectivity index (χ1) is 2.81. The molecule has 1 nitrogen and oxygen atoms in total. The minimum absolute atomic E-state index is 0.181. The second kappa shape index (κ2) is 3.36. The van der Waals surface area contributed by atoms with Crippen LogP contribution in [0, 0.1) is 0 Å². The van der Waals surface area contributed by atoms with Crippen molar-refractivity contribution in [2.45, 2.75) is 13.3 Å². The van der Waals surface area contributed by atoms with Crippen molar-refractivity contribution < 1.29 is 4.79 Å². The van der Waals surface area contributed by atoms with E-state index >= 15 is 0 Å². The number of carbonyl (C=O) groups excluding carboxylic acids is 1. The molecule has 1 atom stereocenters. The maximum atomic E-state index is 10.1. The molecular weight excluding hydrogens is 93.8 g/mol. The van der Waals surface area contributed by atoms with Gasteiger partial charge in [0.15, 0.2) is 0 Å². The summed E-state index contributed by atoms with van der Waals surface area (Å²) >= 11 is 0. The summed E-state index contributed by atoms with van der Waals surface area (Å²) in [5.41, 5.74) is 0.181. The van der Waals surface area contributed by atoms with Crippen LogP contribution < -0.4 is 0 Å². The van der Waals surface area contributed by atoms with E-state index in [1.165, 1.54) is 7.00 Å². The van der Waals surface area contributed by atoms with Crippen LogP contribution in [0.4, 0.5) is 0 Å². The smallest absolute Gasteiger partial charge is 0.229 e. The summed E-state index contributed by atoms with van der Waals surface area (Å²) in [6.07, 6.45) is 0.615. The largest absolute Gasteiger partial charge is 0.311 e. The lowest BCUT2D eigenvalue weighted by molar-refractivity contribution is -0.111. The molecule has 0 rings (SSSR count). The number of rotatable bonds is 2. The summed E-state index contributed by atoms with van der Waals surface area (Å²) in [4.78, 5) is 10.1. The van der Waals surface area contributed by atoms with E-state index in [1.807, 2.05) is 6.92 Å². The van der Waals surface area contributed by atoms with E-state index < -0.39 is 0 Å². The molecule has 0 heterocycles. The van der Waals surface area contributed by atoms with Gasteiger partial charge in [0.25, 0.3) is 0 Å². The van der Waals surface area contributed by atoms with E-state index in [1.54, 1.807) is 0 Å². The second-order valence-corrected chi connectivity index (χ2v) is 1.32. The van der Waals surface area contributed by atoms with Crippen molar-refractivity contribution in [1.82, 2.24) is 0 Å². The molecule has 0 saturated carbocycles. The predicted molar refractivity (Wildman–Crippen MR) is 30.8 cm³/mol. The molecule has 0 saturated heterocycles. The Morgan fingerprint density at radius 2 is 2.50 bits per heavy atom. The topological polar surface area (TPSA) is 17.1 Å². The van der Waals surface area contributed by atoms with Gasteiger partial charge in [-0.1, -0.05) is 6.92 Å². The van der Waals surface area contributed by atoms with Gasteiger partial charge in [-0.3, -0.25) is 0 Å². The van der Waals surface area contributed by atoms with Gasteiger partial charge >= 0.3 is 0 Å². The Morgan fingerprint density at radius 3 is 2.50 bits per heavy atom. The summed E-state index contributed by atoms with van der Waals surface area (Å²) in [6, 6.07) is 0. The van der Waals surface area contributed by atoms with Gasteiger partial charge in [-0.25, -0.2) is 0 Å². The fraction of sp³-hybridized carbons (Fsp3) is 0.667. The lowest BCUT2D eigenvalue weighted by Gasteiger charge is -1.79. The third-order valence-electron chi connectivity index (χ3n) is 0.534. The first-order valence-electron chi connectivity index (χ1n) is 1.89. The van der Waals surface area contributed by atoms with E-state index in [-0.39, 0.29) is 5.68 Å². The standard InChI is InChI=1S/C3H7BOP/c1-2-3(5)4-6/h2,6H2,1H3. The van der Waals surface area contributed by atoms with Crippen molar-refractivity contribution in [3.63, 3.8) is 0 Å². The number of carbonyl (C=O) groups is 1. The molecule has 0 aliphatic carbocycles. The first-order valence-corrected chi connectivity index (χ1v) is 2.55. The molecular formula is C3H7BOP. The van der Waals surface area contributed by atoms with Crippen LogP contribution in [0.1, 0.15) is 13.3 Å². The summed E-state index contributed by atoms with van der Waals surface area (Å²) in [7, 11) is 2.26. The highest BCUT2D eigenvalue weighted by atomic mass is 31.0. The zero-order valence-corrected chi connectivity index (χ0v) is 4.92. The fourth-order valence-electron chi connectivity index (χ4n) is 0.118. The van der Waals surface area contributed by atoms with Crippen LogP contribution in [0.5, 0.6) is 0 Å². The lowest BCUT2D eigenvalue weighted by Crippen LogP contribution is -1.97. The minimum atomic E-state index is 0.181. The molecule has 0 spiro atoms. The molecule has 3 heteroatoms. The molecule has 1 radical (unpaired) electrons. The molecule has 0 aliphatic heterocycles. The molecule has 0 aliphatic rings. The van der Waals surface area contributed by atoms with Crippen LogP contribution in [0.25, 0.3) is 0 Å². The third kappa shape index (κ3) is 2.41. The second-order valence-electron chi connectivity index (χ2n) is 0.987. The quantitative estimate of drug-likeness (QED) is 0.363. The zero-order valence-electron chi connectivity index (χ0n) is 3.77. The van der Waals surface area contributed by atoms with Crippen LogP contribution in [-0.2, 0) is 4.79 Å². The average molecular weight is 101 g/mol. The van der Waals surface area contributed by atoms with E-state index in [9.17, 15) is 4.79 Å². The Hall–Kier alpha value is 0.165. The average Bonchev–Trinajstić information content (AvgIpc) is 1.65. The molecule has 0 aromatic carbocycles. The number of hydrogen-bond acceptors (Lipinski definition) is 1. The van der Waals surface area contributed by atoms with Crippen molar-refractivity contribution in [3.8, 4) is 0 Å². The van der Waals surface area contributed by atoms with Gasteiger partial charge in [-0.2, -0.15) is 9.12 Å². The molecule has 33 valence electrons. The van der Waals surface area contributed by atoms with Crippen molar-refractivity contribution in [2.24, 2.45) is 0 Å². The zero-order chi connectivity index (χ0) is 4.99. The summed E-state index contributed by atoms with van der Waals surface area (Å²) in [5.74, 6) is 0. The molecule has 0 aromatic heterocycles. The van der Waals surface area contributed by atoms with E-state index in [4.69, 9.17) is 0 Å². The predicted octanol–water partition coefficient (Wildman–Crippen LogP) is 0.417. The Kier molecular flexibility index (Phi) is 3.45. The maximum Gasteiger partial charge on any atom is 0.229 e. The van der Waals surface area contributed by atoms with Gasteiger partial charge in [0.05, 0.1) is 5.68 Å². The van der Waals surface area contributed by atoms with Gasteiger partial charge in [0.2, 0.25) is 7.00 Å². The molecule has 0 aromatic rings. The van der Waals surface area contributed by atoms with Crippen LogP contribution in [0.3, 0.4) is 0 Å². The Morgan fingerprint density at radius 1 is 2.00 bits per heavy atom. The Bertz CT molecular complexity index is 48.8. The fourth-order valence-corrected chi connectivity index (χ4v) is 0.354. The SMILES string of the molecule is CCC(=O)[B]P. The van der Waals surface area contributed by atoms with Gasteiger partial charge in [-0.15, -0.1) is 0 Å². The third-order valence-corrected chi connectivity index (χ3v) is 0.906. The van der Waals surface area contributed by atoms with Gasteiger partial charge in [-0.05, 0) is 6.42 Å². The highest BCUT2D eigenvalue weighted by Crippen LogP contribution is 1.81. The number of hydrogen-bond donors (Lipinski definition) is 0. The lowest BCUT2D eigenvalue weighted by atomic mass is 9.99. The Balaban J connectivity index is 2.99. The summed E-state index contributed by atoms with van der Waals surface area (Å²) < 4.78 is 0. The van der Waals surface area contributed by atoms with Crippen molar-refractivity contribution in [2.75, 3.05) is 0 Å². The van der Waals surface area contributed by atoms with Crippen molar-refractivity contribution in [3.05, 3.63) is 0 Å². The molecule has 1 unspecified atom stereocenters. The van der Waals surface area contributed by atoms with E-state index in [2.05, 4.69) is 9.12 Å². The molecule has 0 amide bonds. The highest BCUT2D eigenvalue weighted by molar-refractivity contribution is 7.62. The van der Waals surface area contributed by atoms with Crippen molar-refractivity contribution >= 4 is 21.8 Å². The molecule has 0 fully saturated rings. The molecule has 0 N–H and O–H groups in total. The van der Waals surface area contributed by atoms with Crippen LogP contribution in [0.15, 0.2) is 0 Å². The normalized spacial score (nSPS) is 7.67. The molecule has 0 bridgehead atoms. The van der Waals surface area contributed by atoms with Crippen LogP contribution in [-0.4, -0.2) is 12.7 Å². The van der Waals surface area contributed by atoms with Gasteiger partial charge < -0.3 is 4.79 Å². The highest BCUT2D eigenvalue weighted by Gasteiger charge is 1.89. The summed E-state index contributed by atoms with van der Waals surface area (Å²) in [5, 5.41) is 0. The maximum absolute atomic E-state index is 10.1. The van der Waals surface area contributed by atoms with Gasteiger partial charge in [0.1, 0.15) is 0 Å². The van der Waals surface area contributed by atoms with Crippen LogP contribution in [0.2, 0.25) is 0 Å². The monoisotopic (exact) mass is 101 g/mol. The molecule has 6 heavy (non-hydrogen) atoms. The van der Waals surface area contributed by atoms with Gasteiger partial charge in [0, 0.05) is 0 Å². The van der Waals surface area contributed by atoms with Crippen molar-refractivity contribution in [1.29, 1.82) is 0 Å².